The molecule has 0 atom stereocenters. The molecule has 2 nitrogen and oxygen atoms in total. The van der Waals surface area contributed by atoms with Crippen LogP contribution in [0.4, 0.5) is 5.69 Å². The van der Waals surface area contributed by atoms with Gasteiger partial charge < -0.3 is 10.5 Å². The van der Waals surface area contributed by atoms with E-state index >= 15 is 0 Å². The molecule has 0 amide bonds. The van der Waals surface area contributed by atoms with Crippen molar-refractivity contribution in [3.63, 3.8) is 0 Å². The van der Waals surface area contributed by atoms with Gasteiger partial charge in [-0.3, -0.25) is 0 Å². The van der Waals surface area contributed by atoms with Gasteiger partial charge in [0.2, 0.25) is 0 Å². The van der Waals surface area contributed by atoms with Crippen molar-refractivity contribution in [3.05, 3.63) is 52.5 Å². The molecule has 4 heteroatoms. The molecule has 0 fully saturated rings. The Hall–Kier alpha value is -1.38. The van der Waals surface area contributed by atoms with Gasteiger partial charge in [-0.1, -0.05) is 41.4 Å². The van der Waals surface area contributed by atoms with Crippen LogP contribution < -0.4 is 10.5 Å². The van der Waals surface area contributed by atoms with E-state index in [0.717, 1.165) is 0 Å². The molecule has 2 aromatic rings. The van der Waals surface area contributed by atoms with Crippen molar-refractivity contribution in [3.8, 4) is 11.5 Å². The fourth-order valence-corrected chi connectivity index (χ4v) is 1.86. The quantitative estimate of drug-likeness (QED) is 0.807. The Balaban J connectivity index is 2.35. The van der Waals surface area contributed by atoms with E-state index < -0.39 is 0 Å². The number of hydrogen-bond donors (Lipinski definition) is 1. The lowest BCUT2D eigenvalue weighted by Crippen LogP contribution is -1.90. The van der Waals surface area contributed by atoms with E-state index in [-0.39, 0.29) is 0 Å². The minimum atomic E-state index is 0.397. The Morgan fingerprint density at radius 1 is 0.938 bits per heavy atom. The fourth-order valence-electron chi connectivity index (χ4n) is 1.28. The van der Waals surface area contributed by atoms with Gasteiger partial charge in [0, 0.05) is 5.69 Å². The van der Waals surface area contributed by atoms with Crippen molar-refractivity contribution in [2.24, 2.45) is 0 Å². The maximum absolute atomic E-state index is 6.00. The number of anilines is 1. The molecular formula is C12H9Cl2NO. The number of nitrogen functional groups attached to an aromatic ring is 1. The van der Waals surface area contributed by atoms with Gasteiger partial charge in [0.05, 0.1) is 10.0 Å². The van der Waals surface area contributed by atoms with Crippen molar-refractivity contribution in [1.29, 1.82) is 0 Å². The van der Waals surface area contributed by atoms with Gasteiger partial charge in [-0.05, 0) is 24.3 Å². The molecule has 0 saturated heterocycles. The Morgan fingerprint density at radius 3 is 2.06 bits per heavy atom. The highest BCUT2D eigenvalue weighted by molar-refractivity contribution is 6.37. The highest BCUT2D eigenvalue weighted by atomic mass is 35.5. The Bertz CT molecular complexity index is 477. The topological polar surface area (TPSA) is 35.2 Å². The molecule has 2 aromatic carbocycles. The van der Waals surface area contributed by atoms with Crippen LogP contribution in [0, 0.1) is 0 Å². The first-order valence-corrected chi connectivity index (χ1v) is 5.40. The van der Waals surface area contributed by atoms with Crippen molar-refractivity contribution < 1.29 is 4.74 Å². The first kappa shape index (κ1) is 11.1. The lowest BCUT2D eigenvalue weighted by molar-refractivity contribution is 0.483. The lowest BCUT2D eigenvalue weighted by atomic mass is 10.3. The van der Waals surface area contributed by atoms with E-state index in [1.807, 2.05) is 30.3 Å². The highest BCUT2D eigenvalue weighted by Gasteiger charge is 2.09. The average Bonchev–Trinajstić information content (AvgIpc) is 2.25. The smallest absolute Gasteiger partial charge is 0.164 e. The van der Waals surface area contributed by atoms with Crippen LogP contribution in [0.2, 0.25) is 10.0 Å². The second kappa shape index (κ2) is 4.64. The van der Waals surface area contributed by atoms with Gasteiger partial charge in [0.25, 0.3) is 0 Å². The summed E-state index contributed by atoms with van der Waals surface area (Å²) in [7, 11) is 0. The molecule has 0 unspecified atom stereocenters. The minimum Gasteiger partial charge on any atom is -0.454 e. The van der Waals surface area contributed by atoms with Crippen LogP contribution in [0.3, 0.4) is 0 Å². The Kier molecular flexibility index (Phi) is 3.22. The standard InChI is InChI=1S/C12H9Cl2NO/c13-10-6-8(15)7-11(14)12(10)16-9-4-2-1-3-5-9/h1-7H,15H2. The van der Waals surface area contributed by atoms with Gasteiger partial charge in [0.15, 0.2) is 5.75 Å². The fraction of sp³-hybridized carbons (Fsp3) is 0. The first-order valence-electron chi connectivity index (χ1n) is 4.64. The number of rotatable bonds is 2. The van der Waals surface area contributed by atoms with Crippen LogP contribution in [0.5, 0.6) is 11.5 Å². The molecule has 16 heavy (non-hydrogen) atoms. The molecule has 2 N–H and O–H groups in total. The monoisotopic (exact) mass is 253 g/mol. The van der Waals surface area contributed by atoms with E-state index in [4.69, 9.17) is 33.7 Å². The van der Waals surface area contributed by atoms with Crippen molar-refractivity contribution >= 4 is 28.9 Å². The summed E-state index contributed by atoms with van der Waals surface area (Å²) >= 11 is 12.0. The minimum absolute atomic E-state index is 0.397. The third-order valence-corrected chi connectivity index (χ3v) is 2.55. The van der Waals surface area contributed by atoms with E-state index in [0.29, 0.717) is 27.2 Å². The summed E-state index contributed by atoms with van der Waals surface area (Å²) in [4.78, 5) is 0. The van der Waals surface area contributed by atoms with Crippen molar-refractivity contribution in [1.82, 2.24) is 0 Å². The summed E-state index contributed by atoms with van der Waals surface area (Å²) in [6, 6.07) is 12.5. The molecule has 0 spiro atoms. The Labute approximate surface area is 104 Å². The van der Waals surface area contributed by atoms with Crippen LogP contribution in [0.1, 0.15) is 0 Å². The molecule has 0 heterocycles. The predicted octanol–water partition coefficient (Wildman–Crippen LogP) is 4.37. The molecule has 0 aliphatic heterocycles. The molecular weight excluding hydrogens is 245 g/mol. The third kappa shape index (κ3) is 2.40. The molecule has 82 valence electrons. The average molecular weight is 254 g/mol. The highest BCUT2D eigenvalue weighted by Crippen LogP contribution is 2.37. The van der Waals surface area contributed by atoms with Gasteiger partial charge in [-0.15, -0.1) is 0 Å². The van der Waals surface area contributed by atoms with Gasteiger partial charge in [0.1, 0.15) is 5.75 Å². The number of hydrogen-bond acceptors (Lipinski definition) is 2. The van der Waals surface area contributed by atoms with Crippen LogP contribution in [-0.2, 0) is 0 Å². The molecule has 0 aliphatic rings. The van der Waals surface area contributed by atoms with Crippen molar-refractivity contribution in [2.45, 2.75) is 0 Å². The summed E-state index contributed by atoms with van der Waals surface area (Å²) < 4.78 is 5.58. The maximum Gasteiger partial charge on any atom is 0.164 e. The van der Waals surface area contributed by atoms with E-state index in [9.17, 15) is 0 Å². The molecule has 0 saturated carbocycles. The maximum atomic E-state index is 6.00. The van der Waals surface area contributed by atoms with E-state index in [1.54, 1.807) is 12.1 Å². The van der Waals surface area contributed by atoms with Gasteiger partial charge >= 0.3 is 0 Å². The van der Waals surface area contributed by atoms with Crippen LogP contribution in [0.15, 0.2) is 42.5 Å². The van der Waals surface area contributed by atoms with E-state index in [2.05, 4.69) is 0 Å². The van der Waals surface area contributed by atoms with Crippen LogP contribution in [-0.4, -0.2) is 0 Å². The lowest BCUT2D eigenvalue weighted by Gasteiger charge is -2.09. The number of nitrogens with two attached hydrogens (primary N) is 1. The zero-order valence-corrected chi connectivity index (χ0v) is 9.79. The van der Waals surface area contributed by atoms with Crippen molar-refractivity contribution in [2.75, 3.05) is 5.73 Å². The number of para-hydroxylation sites is 1. The summed E-state index contributed by atoms with van der Waals surface area (Å²) in [5.74, 6) is 1.10. The summed E-state index contributed by atoms with van der Waals surface area (Å²) in [5, 5.41) is 0.794. The molecule has 0 aliphatic carbocycles. The van der Waals surface area contributed by atoms with Gasteiger partial charge in [-0.2, -0.15) is 0 Å². The molecule has 2 rings (SSSR count). The van der Waals surface area contributed by atoms with Crippen LogP contribution >= 0.6 is 23.2 Å². The number of ether oxygens (including phenoxy) is 1. The number of halogens is 2. The Morgan fingerprint density at radius 2 is 1.50 bits per heavy atom. The first-order chi connectivity index (χ1) is 7.66. The molecule has 0 radical (unpaired) electrons. The second-order valence-corrected chi connectivity index (χ2v) is 4.04. The second-order valence-electron chi connectivity index (χ2n) is 3.23. The normalized spacial score (nSPS) is 10.1. The predicted molar refractivity (Wildman–Crippen MR) is 67.4 cm³/mol. The number of benzene rings is 2. The van der Waals surface area contributed by atoms with Crippen LogP contribution in [0.25, 0.3) is 0 Å². The summed E-state index contributed by atoms with van der Waals surface area (Å²) in [6.45, 7) is 0. The zero-order chi connectivity index (χ0) is 11.5. The summed E-state index contributed by atoms with van der Waals surface area (Å²) in [5.41, 5.74) is 6.11. The largest absolute Gasteiger partial charge is 0.454 e. The third-order valence-electron chi connectivity index (χ3n) is 1.98. The van der Waals surface area contributed by atoms with Gasteiger partial charge in [-0.25, -0.2) is 0 Å². The summed E-state index contributed by atoms with van der Waals surface area (Å²) in [6.07, 6.45) is 0. The SMILES string of the molecule is Nc1cc(Cl)c(Oc2ccccc2)c(Cl)c1. The molecule has 0 bridgehead atoms. The molecule has 0 aromatic heterocycles. The zero-order valence-electron chi connectivity index (χ0n) is 8.28. The van der Waals surface area contributed by atoms with E-state index in [1.165, 1.54) is 0 Å².